The molecule has 9 nitrogen and oxygen atoms in total. The van der Waals surface area contributed by atoms with Crippen LogP contribution in [0.5, 0.6) is 11.5 Å². The predicted molar refractivity (Wildman–Crippen MR) is 152 cm³/mol. The molecule has 5 aromatic rings. The third-order valence-electron chi connectivity index (χ3n) is 6.88. The molecule has 1 aliphatic rings. The molecule has 4 heterocycles. The third-order valence-corrected chi connectivity index (χ3v) is 7.64. The van der Waals surface area contributed by atoms with Crippen LogP contribution >= 0.6 is 11.3 Å². The lowest BCUT2D eigenvalue weighted by atomic mass is 10.0. The van der Waals surface area contributed by atoms with Crippen molar-refractivity contribution < 1.29 is 14.3 Å². The topological polar surface area (TPSA) is 93.9 Å². The standard InChI is InChI=1S/C29H28N6O3S/c1-37-22-10-8-19(9-11-22)27(36)34-14-4-6-21(18-34)31-28-30-13-12-24(32-28)26-25(33-29-35(26)15-16-39-29)20-5-3-7-23(17-20)38-2/h3,5,7-13,15-17,21H,4,6,14,18H2,1-2H3,(H,30,31,32)/t21-/m1/s1. The first-order valence-corrected chi connectivity index (χ1v) is 13.6. The molecule has 10 heteroatoms. The molecule has 3 aromatic heterocycles. The minimum atomic E-state index is 0.0147. The Balaban J connectivity index is 1.25. The number of anilines is 1. The molecule has 1 fully saturated rings. The number of likely N-dealkylation sites (tertiary alicyclic amines) is 1. The number of aromatic nitrogens is 4. The van der Waals surface area contributed by atoms with Crippen molar-refractivity contribution in [3.05, 3.63) is 77.9 Å². The number of piperidine rings is 1. The molecule has 1 atom stereocenters. The molecule has 1 aliphatic heterocycles. The predicted octanol–water partition coefficient (Wildman–Crippen LogP) is 5.25. The van der Waals surface area contributed by atoms with Crippen molar-refractivity contribution in [2.24, 2.45) is 0 Å². The van der Waals surface area contributed by atoms with Crippen LogP contribution in [0, 0.1) is 0 Å². The van der Waals surface area contributed by atoms with Gasteiger partial charge in [0.05, 0.1) is 25.6 Å². The van der Waals surface area contributed by atoms with E-state index in [0.717, 1.165) is 58.5 Å². The van der Waals surface area contributed by atoms with Crippen molar-refractivity contribution in [1.29, 1.82) is 0 Å². The van der Waals surface area contributed by atoms with Crippen LogP contribution < -0.4 is 14.8 Å². The largest absolute Gasteiger partial charge is 0.497 e. The number of rotatable bonds is 7. The highest BCUT2D eigenvalue weighted by Gasteiger charge is 2.26. The summed E-state index contributed by atoms with van der Waals surface area (Å²) in [6.07, 6.45) is 5.59. The first kappa shape index (κ1) is 24.9. The number of nitrogens with one attached hydrogen (secondary N) is 1. The molecule has 0 bridgehead atoms. The van der Waals surface area contributed by atoms with Gasteiger partial charge in [0.2, 0.25) is 5.95 Å². The van der Waals surface area contributed by atoms with Crippen molar-refractivity contribution in [2.75, 3.05) is 32.6 Å². The lowest BCUT2D eigenvalue weighted by molar-refractivity contribution is 0.0714. The number of hydrogen-bond donors (Lipinski definition) is 1. The molecular weight excluding hydrogens is 512 g/mol. The van der Waals surface area contributed by atoms with E-state index in [9.17, 15) is 4.79 Å². The van der Waals surface area contributed by atoms with Crippen LogP contribution in [-0.4, -0.2) is 63.5 Å². The van der Waals surface area contributed by atoms with Crippen LogP contribution in [0.3, 0.4) is 0 Å². The maximum atomic E-state index is 13.1. The van der Waals surface area contributed by atoms with Gasteiger partial charge in [0.1, 0.15) is 17.2 Å². The smallest absolute Gasteiger partial charge is 0.253 e. The number of imidazole rings is 1. The van der Waals surface area contributed by atoms with E-state index in [1.807, 2.05) is 58.9 Å². The Morgan fingerprint density at radius 1 is 1.05 bits per heavy atom. The SMILES string of the molecule is COc1ccc(C(=O)N2CCC[C@@H](Nc3nccc(-c4c(-c5cccc(OC)c5)nc5sccn45)n3)C2)cc1. The highest BCUT2D eigenvalue weighted by Crippen LogP contribution is 2.35. The molecule has 0 aliphatic carbocycles. The van der Waals surface area contributed by atoms with E-state index in [4.69, 9.17) is 19.4 Å². The fraction of sp³-hybridized carbons (Fsp3) is 0.241. The van der Waals surface area contributed by atoms with Crippen LogP contribution in [0.4, 0.5) is 5.95 Å². The summed E-state index contributed by atoms with van der Waals surface area (Å²) in [5.74, 6) is 2.04. The van der Waals surface area contributed by atoms with E-state index in [1.165, 1.54) is 0 Å². The minimum absolute atomic E-state index is 0.0147. The fourth-order valence-electron chi connectivity index (χ4n) is 4.94. The van der Waals surface area contributed by atoms with Crippen molar-refractivity contribution in [3.8, 4) is 34.1 Å². The summed E-state index contributed by atoms with van der Waals surface area (Å²) in [5.41, 5.74) is 4.09. The number of ether oxygens (including phenoxy) is 2. The number of amides is 1. The second-order valence-electron chi connectivity index (χ2n) is 9.33. The van der Waals surface area contributed by atoms with Gasteiger partial charge in [0.15, 0.2) is 4.96 Å². The average Bonchev–Trinajstić information content (AvgIpc) is 3.59. The third kappa shape index (κ3) is 5.03. The first-order chi connectivity index (χ1) is 19.1. The molecule has 0 saturated carbocycles. The summed E-state index contributed by atoms with van der Waals surface area (Å²) in [5, 5.41) is 5.49. The summed E-state index contributed by atoms with van der Waals surface area (Å²) < 4.78 is 12.7. The number of thiazole rings is 1. The van der Waals surface area contributed by atoms with Crippen LogP contribution in [0.15, 0.2) is 72.4 Å². The lowest BCUT2D eigenvalue weighted by Gasteiger charge is -2.33. The quantitative estimate of drug-likeness (QED) is 0.301. The highest BCUT2D eigenvalue weighted by molar-refractivity contribution is 7.15. The van der Waals surface area contributed by atoms with Crippen molar-refractivity contribution >= 4 is 28.2 Å². The summed E-state index contributed by atoms with van der Waals surface area (Å²) in [6.45, 7) is 1.30. The Hall–Kier alpha value is -4.44. The normalized spacial score (nSPS) is 15.3. The summed E-state index contributed by atoms with van der Waals surface area (Å²) in [6, 6.07) is 17.1. The van der Waals surface area contributed by atoms with Gasteiger partial charge in [-0.15, -0.1) is 11.3 Å². The zero-order valence-corrected chi connectivity index (χ0v) is 22.5. The van der Waals surface area contributed by atoms with Gasteiger partial charge in [-0.2, -0.15) is 0 Å². The molecule has 1 N–H and O–H groups in total. The Kier molecular flexibility index (Phi) is 6.85. The number of hydrogen-bond acceptors (Lipinski definition) is 8. The maximum absolute atomic E-state index is 13.1. The molecular formula is C29H28N6O3S. The second kappa shape index (κ2) is 10.7. The maximum Gasteiger partial charge on any atom is 0.253 e. The number of carbonyl (C=O) groups is 1. The van der Waals surface area contributed by atoms with Gasteiger partial charge in [0, 0.05) is 48.0 Å². The summed E-state index contributed by atoms with van der Waals surface area (Å²) in [7, 11) is 3.27. The van der Waals surface area contributed by atoms with Crippen LogP contribution in [0.1, 0.15) is 23.2 Å². The molecule has 1 amide bonds. The molecule has 0 radical (unpaired) electrons. The van der Waals surface area contributed by atoms with Crippen LogP contribution in [0.2, 0.25) is 0 Å². The highest BCUT2D eigenvalue weighted by atomic mass is 32.1. The number of benzene rings is 2. The second-order valence-corrected chi connectivity index (χ2v) is 10.2. The van der Waals surface area contributed by atoms with E-state index in [2.05, 4.69) is 14.7 Å². The van der Waals surface area contributed by atoms with E-state index >= 15 is 0 Å². The molecule has 39 heavy (non-hydrogen) atoms. The van der Waals surface area contributed by atoms with E-state index in [1.54, 1.807) is 43.9 Å². The Bertz CT molecular complexity index is 1610. The van der Waals surface area contributed by atoms with Gasteiger partial charge in [-0.05, 0) is 55.3 Å². The molecule has 1 saturated heterocycles. The van der Waals surface area contributed by atoms with Crippen LogP contribution in [-0.2, 0) is 0 Å². The molecule has 6 rings (SSSR count). The first-order valence-electron chi connectivity index (χ1n) is 12.8. The lowest BCUT2D eigenvalue weighted by Crippen LogP contribution is -2.45. The molecule has 2 aromatic carbocycles. The Morgan fingerprint density at radius 3 is 2.72 bits per heavy atom. The van der Waals surface area contributed by atoms with Crippen molar-refractivity contribution in [3.63, 3.8) is 0 Å². The van der Waals surface area contributed by atoms with Crippen molar-refractivity contribution in [1.82, 2.24) is 24.3 Å². The van der Waals surface area contributed by atoms with Gasteiger partial charge in [-0.25, -0.2) is 15.0 Å². The number of nitrogens with zero attached hydrogens (tertiary/aromatic N) is 5. The molecule has 198 valence electrons. The van der Waals surface area contributed by atoms with Gasteiger partial charge >= 0.3 is 0 Å². The minimum Gasteiger partial charge on any atom is -0.497 e. The Labute approximate surface area is 230 Å². The fourth-order valence-corrected chi connectivity index (χ4v) is 5.65. The zero-order chi connectivity index (χ0) is 26.8. The van der Waals surface area contributed by atoms with Gasteiger partial charge in [-0.1, -0.05) is 12.1 Å². The number of methoxy groups -OCH3 is 2. The average molecular weight is 541 g/mol. The van der Waals surface area contributed by atoms with Gasteiger partial charge < -0.3 is 19.7 Å². The van der Waals surface area contributed by atoms with Gasteiger partial charge in [-0.3, -0.25) is 9.20 Å². The number of carbonyl (C=O) groups excluding carboxylic acids is 1. The van der Waals surface area contributed by atoms with E-state index in [-0.39, 0.29) is 11.9 Å². The van der Waals surface area contributed by atoms with Crippen LogP contribution in [0.25, 0.3) is 27.6 Å². The van der Waals surface area contributed by atoms with E-state index in [0.29, 0.717) is 18.1 Å². The monoisotopic (exact) mass is 540 g/mol. The summed E-state index contributed by atoms with van der Waals surface area (Å²) in [4.78, 5) is 30.2. The molecule has 0 unspecified atom stereocenters. The summed E-state index contributed by atoms with van der Waals surface area (Å²) >= 11 is 1.57. The Morgan fingerprint density at radius 2 is 1.90 bits per heavy atom. The molecule has 0 spiro atoms. The van der Waals surface area contributed by atoms with Gasteiger partial charge in [0.25, 0.3) is 5.91 Å². The zero-order valence-electron chi connectivity index (χ0n) is 21.7. The van der Waals surface area contributed by atoms with E-state index < -0.39 is 0 Å². The van der Waals surface area contributed by atoms with Crippen molar-refractivity contribution in [2.45, 2.75) is 18.9 Å². The number of fused-ring (bicyclic) bond motifs is 1.